The number of halogens is 4. The smallest absolute Gasteiger partial charge is 0.407 e. The second-order valence-electron chi connectivity index (χ2n) is 7.15. The number of piperidine rings is 1. The minimum Gasteiger partial charge on any atom is -0.465 e. The van der Waals surface area contributed by atoms with Gasteiger partial charge >= 0.3 is 12.3 Å². The standard InChI is InChI=1S/C17H21F4N3O4/c18-11-1-2-14(22-7-11)24-8-13(12(9-25)17(19,20)21)28-16(10-24)3-5-23(6-4-16)15(26)27/h1-2,7,12-13,25H,3-6,8-10H2,(H,26,27)/t12?,13-/m0/s1. The maximum absolute atomic E-state index is 13.4. The second-order valence-corrected chi connectivity index (χ2v) is 7.15. The van der Waals surface area contributed by atoms with Crippen LogP contribution in [-0.4, -0.2) is 76.9 Å². The van der Waals surface area contributed by atoms with E-state index in [9.17, 15) is 27.5 Å². The van der Waals surface area contributed by atoms with E-state index in [0.29, 0.717) is 5.82 Å². The fourth-order valence-electron chi connectivity index (χ4n) is 3.78. The highest BCUT2D eigenvalue weighted by atomic mass is 19.4. The lowest BCUT2D eigenvalue weighted by atomic mass is 9.87. The predicted molar refractivity (Wildman–Crippen MR) is 89.5 cm³/mol. The topological polar surface area (TPSA) is 86.1 Å². The summed E-state index contributed by atoms with van der Waals surface area (Å²) in [4.78, 5) is 17.9. The number of aromatic nitrogens is 1. The molecule has 2 aliphatic rings. The molecule has 0 saturated carbocycles. The molecule has 0 bridgehead atoms. The highest BCUT2D eigenvalue weighted by molar-refractivity contribution is 5.65. The molecule has 1 spiro atoms. The summed E-state index contributed by atoms with van der Waals surface area (Å²) in [5.74, 6) is -2.36. The number of pyridine rings is 1. The van der Waals surface area contributed by atoms with Gasteiger partial charge in [-0.25, -0.2) is 14.2 Å². The van der Waals surface area contributed by atoms with Crippen molar-refractivity contribution in [2.45, 2.75) is 30.7 Å². The van der Waals surface area contributed by atoms with E-state index in [0.717, 1.165) is 6.20 Å². The summed E-state index contributed by atoms with van der Waals surface area (Å²) >= 11 is 0. The zero-order valence-corrected chi connectivity index (χ0v) is 14.9. The summed E-state index contributed by atoms with van der Waals surface area (Å²) in [6, 6.07) is 2.54. The van der Waals surface area contributed by atoms with Crippen LogP contribution in [0.4, 0.5) is 28.2 Å². The van der Waals surface area contributed by atoms with E-state index < -0.39 is 42.3 Å². The summed E-state index contributed by atoms with van der Waals surface area (Å²) in [6.07, 6.45) is -5.72. The fraction of sp³-hybridized carbons (Fsp3) is 0.647. The number of carboxylic acid groups (broad SMARTS) is 1. The zero-order valence-electron chi connectivity index (χ0n) is 14.9. The zero-order chi connectivity index (χ0) is 20.5. The molecule has 3 rings (SSSR count). The molecular formula is C17H21F4N3O4. The number of morpholine rings is 1. The Labute approximate surface area is 158 Å². The molecule has 2 N–H and O–H groups in total. The first-order chi connectivity index (χ1) is 13.1. The van der Waals surface area contributed by atoms with Crippen LogP contribution in [0.3, 0.4) is 0 Å². The minimum absolute atomic E-state index is 0.128. The number of aliphatic hydroxyl groups excluding tert-OH is 1. The third-order valence-corrected chi connectivity index (χ3v) is 5.33. The van der Waals surface area contributed by atoms with Crippen LogP contribution in [-0.2, 0) is 4.74 Å². The molecule has 2 atom stereocenters. The summed E-state index contributed by atoms with van der Waals surface area (Å²) in [5.41, 5.74) is -1.01. The fourth-order valence-corrected chi connectivity index (χ4v) is 3.78. The van der Waals surface area contributed by atoms with E-state index in [2.05, 4.69) is 4.98 Å². The van der Waals surface area contributed by atoms with Crippen LogP contribution in [0.2, 0.25) is 0 Å². The van der Waals surface area contributed by atoms with Crippen molar-refractivity contribution in [1.82, 2.24) is 9.88 Å². The number of alkyl halides is 3. The predicted octanol–water partition coefficient (Wildman–Crippen LogP) is 2.11. The molecule has 1 aromatic rings. The van der Waals surface area contributed by atoms with Crippen LogP contribution in [0.5, 0.6) is 0 Å². The van der Waals surface area contributed by atoms with Crippen LogP contribution in [0, 0.1) is 11.7 Å². The van der Waals surface area contributed by atoms with Crippen LogP contribution in [0.15, 0.2) is 18.3 Å². The van der Waals surface area contributed by atoms with Gasteiger partial charge in [0.2, 0.25) is 0 Å². The first-order valence-electron chi connectivity index (χ1n) is 8.83. The number of anilines is 1. The summed E-state index contributed by atoms with van der Waals surface area (Å²) in [7, 11) is 0. The largest absolute Gasteiger partial charge is 0.465 e. The van der Waals surface area contributed by atoms with Gasteiger partial charge in [0.05, 0.1) is 24.5 Å². The highest BCUT2D eigenvalue weighted by Crippen LogP contribution is 2.39. The van der Waals surface area contributed by atoms with Crippen molar-refractivity contribution in [3.05, 3.63) is 24.1 Å². The molecule has 1 aromatic heterocycles. The van der Waals surface area contributed by atoms with Crippen LogP contribution < -0.4 is 4.90 Å². The molecule has 0 radical (unpaired) electrons. The van der Waals surface area contributed by atoms with E-state index >= 15 is 0 Å². The maximum Gasteiger partial charge on any atom is 0.407 e. The van der Waals surface area contributed by atoms with Gasteiger partial charge in [0.1, 0.15) is 17.6 Å². The molecule has 3 heterocycles. The molecule has 0 aliphatic carbocycles. The number of nitrogens with zero attached hydrogens (tertiary/aromatic N) is 3. The Balaban J connectivity index is 1.88. The number of aliphatic hydroxyl groups is 1. The molecule has 28 heavy (non-hydrogen) atoms. The number of carbonyl (C=O) groups is 1. The molecule has 1 unspecified atom stereocenters. The van der Waals surface area contributed by atoms with Crippen LogP contribution in [0.1, 0.15) is 12.8 Å². The Morgan fingerprint density at radius 3 is 2.54 bits per heavy atom. The first kappa shape index (κ1) is 20.6. The number of ether oxygens (including phenoxy) is 1. The third-order valence-electron chi connectivity index (χ3n) is 5.33. The monoisotopic (exact) mass is 407 g/mol. The number of hydrogen-bond donors (Lipinski definition) is 2. The Kier molecular flexibility index (Phi) is 5.67. The number of rotatable bonds is 3. The molecule has 2 fully saturated rings. The first-order valence-corrected chi connectivity index (χ1v) is 8.83. The Morgan fingerprint density at radius 2 is 2.04 bits per heavy atom. The Morgan fingerprint density at radius 1 is 1.36 bits per heavy atom. The molecule has 11 heteroatoms. The molecule has 2 saturated heterocycles. The molecule has 7 nitrogen and oxygen atoms in total. The van der Waals surface area contributed by atoms with E-state index in [1.54, 1.807) is 4.90 Å². The van der Waals surface area contributed by atoms with Crippen molar-refractivity contribution in [1.29, 1.82) is 0 Å². The van der Waals surface area contributed by atoms with Gasteiger partial charge < -0.3 is 24.7 Å². The van der Waals surface area contributed by atoms with Gasteiger partial charge in [-0.1, -0.05) is 0 Å². The maximum atomic E-state index is 13.4. The lowest BCUT2D eigenvalue weighted by Gasteiger charge is -2.51. The van der Waals surface area contributed by atoms with Gasteiger partial charge in [0.15, 0.2) is 0 Å². The number of amides is 1. The third kappa shape index (κ3) is 4.30. The molecule has 156 valence electrons. The van der Waals surface area contributed by atoms with Crippen molar-refractivity contribution in [3.63, 3.8) is 0 Å². The lowest BCUT2D eigenvalue weighted by molar-refractivity contribution is -0.242. The average Bonchev–Trinajstić information content (AvgIpc) is 2.61. The van der Waals surface area contributed by atoms with Crippen molar-refractivity contribution in [3.8, 4) is 0 Å². The van der Waals surface area contributed by atoms with Gasteiger partial charge in [-0.3, -0.25) is 0 Å². The summed E-state index contributed by atoms with van der Waals surface area (Å²) < 4.78 is 59.2. The lowest BCUT2D eigenvalue weighted by Crippen LogP contribution is -2.63. The molecule has 2 aliphatic heterocycles. The van der Waals surface area contributed by atoms with E-state index in [-0.39, 0.29) is 39.0 Å². The highest BCUT2D eigenvalue weighted by Gasteiger charge is 2.52. The Bertz CT molecular complexity index is 693. The van der Waals surface area contributed by atoms with Crippen LogP contribution in [0.25, 0.3) is 0 Å². The van der Waals surface area contributed by atoms with Crippen LogP contribution >= 0.6 is 0 Å². The average molecular weight is 407 g/mol. The molecule has 0 aromatic carbocycles. The summed E-state index contributed by atoms with van der Waals surface area (Å²) in [5, 5.41) is 18.5. The SMILES string of the molecule is O=C(O)N1CCC2(CC1)CN(c1ccc(F)cn1)C[C@@H](C(CO)C(F)(F)F)O2. The van der Waals surface area contributed by atoms with Gasteiger partial charge in [0.25, 0.3) is 0 Å². The van der Waals surface area contributed by atoms with Gasteiger partial charge in [-0.05, 0) is 25.0 Å². The van der Waals surface area contributed by atoms with Crippen molar-refractivity contribution in [2.24, 2.45) is 5.92 Å². The van der Waals surface area contributed by atoms with Crippen molar-refractivity contribution in [2.75, 3.05) is 37.7 Å². The number of likely N-dealkylation sites (tertiary alicyclic amines) is 1. The van der Waals surface area contributed by atoms with E-state index in [4.69, 9.17) is 9.84 Å². The van der Waals surface area contributed by atoms with Gasteiger partial charge in [-0.2, -0.15) is 13.2 Å². The molecule has 1 amide bonds. The van der Waals surface area contributed by atoms with Gasteiger partial charge in [0, 0.05) is 26.2 Å². The number of hydrogen-bond acceptors (Lipinski definition) is 5. The molecular weight excluding hydrogens is 386 g/mol. The quantitative estimate of drug-likeness (QED) is 0.747. The van der Waals surface area contributed by atoms with Gasteiger partial charge in [-0.15, -0.1) is 0 Å². The second kappa shape index (κ2) is 7.70. The van der Waals surface area contributed by atoms with Crippen molar-refractivity contribution >= 4 is 11.9 Å². The van der Waals surface area contributed by atoms with Crippen molar-refractivity contribution < 1.29 is 37.3 Å². The summed E-state index contributed by atoms with van der Waals surface area (Å²) in [6.45, 7) is -0.847. The minimum atomic E-state index is -4.67. The van der Waals surface area contributed by atoms with E-state index in [1.807, 2.05) is 0 Å². The Hall–Kier alpha value is -2.14. The van der Waals surface area contributed by atoms with E-state index in [1.165, 1.54) is 17.0 Å². The normalized spacial score (nSPS) is 23.7.